The van der Waals surface area contributed by atoms with Gasteiger partial charge >= 0.3 is 0 Å². The number of rotatable bonds is 22. The highest BCUT2D eigenvalue weighted by Crippen LogP contribution is 2.37. The summed E-state index contributed by atoms with van der Waals surface area (Å²) in [5.74, 6) is -2.17. The second kappa shape index (κ2) is 27.1. The molecular weight excluding hydrogens is 1080 g/mol. The van der Waals surface area contributed by atoms with Crippen LogP contribution in [0.2, 0.25) is 0 Å². The Morgan fingerprint density at radius 1 is 0.388 bits per heavy atom. The molecule has 0 aromatic heterocycles. The van der Waals surface area contributed by atoms with E-state index in [1.807, 2.05) is 79.7 Å². The summed E-state index contributed by atoms with van der Waals surface area (Å²) < 4.78 is 71.8. The number of hydrogen-bond acceptors (Lipinski definition) is 13. The molecule has 10 rings (SSSR count). The summed E-state index contributed by atoms with van der Waals surface area (Å²) in [5, 5.41) is 10.3. The first-order valence-corrected chi connectivity index (χ1v) is 28.9. The lowest BCUT2D eigenvalue weighted by Crippen LogP contribution is -2.19. The van der Waals surface area contributed by atoms with E-state index in [1.54, 1.807) is 0 Å². The lowest BCUT2D eigenvalue weighted by molar-refractivity contribution is -0.139. The molecular formula is C66H79BrO13. The number of aliphatic hydroxyl groups excluding tert-OH is 1. The third-order valence-corrected chi connectivity index (χ3v) is 15.1. The van der Waals surface area contributed by atoms with Crippen molar-refractivity contribution in [3.05, 3.63) is 212 Å². The number of hydrogen-bond donors (Lipinski definition) is 1. The Morgan fingerprint density at radius 3 is 0.900 bits per heavy atom. The zero-order valence-corrected chi connectivity index (χ0v) is 49.1. The quantitative estimate of drug-likeness (QED) is 0.0648. The van der Waals surface area contributed by atoms with Gasteiger partial charge in [0, 0.05) is 5.33 Å². The number of halogens is 1. The van der Waals surface area contributed by atoms with Gasteiger partial charge in [-0.25, -0.2) is 0 Å². The Bertz CT molecular complexity index is 2640. The van der Waals surface area contributed by atoms with Crippen molar-refractivity contribution in [1.29, 1.82) is 0 Å². The SMILES string of the molecule is CC1(C)OCC(c2ccc(COC[C@H](OCc3ccc(C4COC(C)(C)O4)cc3)c3ccc(CBr)cc3)cc2)O1.CC1(C)OCC(c2ccc(COC[C@H](OCc3ccc(C4COC(C)(C)O4)cc3)c3ccc(CO)cc3)cc2)O1. The highest BCUT2D eigenvalue weighted by Gasteiger charge is 2.36. The van der Waals surface area contributed by atoms with Crippen LogP contribution in [0.3, 0.4) is 0 Å². The summed E-state index contributed by atoms with van der Waals surface area (Å²) in [6.45, 7) is 20.5. The minimum atomic E-state index is -0.552. The maximum Gasteiger partial charge on any atom is 0.163 e. The van der Waals surface area contributed by atoms with Gasteiger partial charge in [0.1, 0.15) is 36.6 Å². The molecule has 4 heterocycles. The van der Waals surface area contributed by atoms with Gasteiger partial charge in [-0.1, -0.05) is 162 Å². The van der Waals surface area contributed by atoms with Crippen molar-refractivity contribution < 1.29 is 61.9 Å². The molecule has 4 saturated heterocycles. The smallest absolute Gasteiger partial charge is 0.163 e. The molecule has 6 aromatic carbocycles. The molecule has 0 bridgehead atoms. The molecule has 0 aliphatic carbocycles. The molecule has 0 radical (unpaired) electrons. The van der Waals surface area contributed by atoms with Gasteiger partial charge in [-0.05, 0) is 122 Å². The Hall–Kier alpha value is -4.72. The van der Waals surface area contributed by atoms with Crippen molar-refractivity contribution in [3.63, 3.8) is 0 Å². The summed E-state index contributed by atoms with van der Waals surface area (Å²) in [7, 11) is 0. The number of alkyl halides is 1. The van der Waals surface area contributed by atoms with Crippen LogP contribution in [0.5, 0.6) is 0 Å². The lowest BCUT2D eigenvalue weighted by atomic mass is 10.1. The first kappa shape index (κ1) is 59.9. The van der Waals surface area contributed by atoms with Crippen LogP contribution in [0.1, 0.15) is 159 Å². The summed E-state index contributed by atoms with van der Waals surface area (Å²) in [6, 6.07) is 49.6. The van der Waals surface area contributed by atoms with E-state index >= 15 is 0 Å². The standard InChI is InChI=1S/C33H39BrO6.C33H40O7/c2*1-32(2)37-21-30(39-32)27-13-7-24(8-14-27)18-35-20-29(26-11-5-23(17-34)6-12-26)36-19-25-9-15-28(16-10-25)31-22-38-33(3,4)40-31/h5-16,29-31H,17-22H2,1-4H3;5-16,29-31,34H,17-22H2,1-4H3/t2*29-,30?,31?/m00/s1. The van der Waals surface area contributed by atoms with Gasteiger partial charge in [0.2, 0.25) is 0 Å². The van der Waals surface area contributed by atoms with Crippen molar-refractivity contribution in [2.45, 2.75) is 154 Å². The van der Waals surface area contributed by atoms with Crippen LogP contribution in [-0.4, -0.2) is 67.9 Å². The Labute approximate surface area is 481 Å². The minimum absolute atomic E-state index is 0.00704. The highest BCUT2D eigenvalue weighted by atomic mass is 79.9. The first-order valence-electron chi connectivity index (χ1n) is 27.7. The normalized spacial score (nSPS) is 22.4. The van der Waals surface area contributed by atoms with E-state index in [0.29, 0.717) is 66.1 Å². The average Bonchev–Trinajstić information content (AvgIpc) is 4.26. The molecule has 6 aromatic rings. The molecule has 4 unspecified atom stereocenters. The molecule has 1 N–H and O–H groups in total. The number of aliphatic hydroxyl groups is 1. The van der Waals surface area contributed by atoms with Gasteiger partial charge in [-0.15, -0.1) is 0 Å². The van der Waals surface area contributed by atoms with Crippen molar-refractivity contribution in [2.75, 3.05) is 39.6 Å². The van der Waals surface area contributed by atoms with Gasteiger partial charge in [0.15, 0.2) is 23.1 Å². The van der Waals surface area contributed by atoms with Gasteiger partial charge < -0.3 is 61.9 Å². The maximum atomic E-state index is 9.44. The zero-order chi connectivity index (χ0) is 56.3. The lowest BCUT2D eigenvalue weighted by Gasteiger charge is -2.20. The molecule has 13 nitrogen and oxygen atoms in total. The van der Waals surface area contributed by atoms with E-state index in [4.69, 9.17) is 56.8 Å². The van der Waals surface area contributed by atoms with E-state index in [9.17, 15) is 5.11 Å². The fourth-order valence-corrected chi connectivity index (χ4v) is 10.2. The van der Waals surface area contributed by atoms with Crippen LogP contribution in [0.4, 0.5) is 0 Å². The summed E-state index contributed by atoms with van der Waals surface area (Å²) in [6.07, 6.45) is -0.642. The van der Waals surface area contributed by atoms with Crippen molar-refractivity contribution >= 4 is 15.9 Å². The average molecular weight is 1160 g/mol. The molecule has 4 fully saturated rings. The predicted molar refractivity (Wildman–Crippen MR) is 307 cm³/mol. The molecule has 428 valence electrons. The molecule has 6 atom stereocenters. The van der Waals surface area contributed by atoms with Crippen molar-refractivity contribution in [3.8, 4) is 0 Å². The number of benzene rings is 6. The van der Waals surface area contributed by atoms with Gasteiger partial charge in [-0.2, -0.15) is 0 Å². The molecule has 4 aliphatic heterocycles. The molecule has 0 amide bonds. The molecule has 0 spiro atoms. The highest BCUT2D eigenvalue weighted by molar-refractivity contribution is 9.08. The Kier molecular flexibility index (Phi) is 20.3. The van der Waals surface area contributed by atoms with E-state index < -0.39 is 23.1 Å². The van der Waals surface area contributed by atoms with Gasteiger partial charge in [0.25, 0.3) is 0 Å². The van der Waals surface area contributed by atoms with Crippen LogP contribution in [0.15, 0.2) is 146 Å². The molecule has 4 aliphatic rings. The summed E-state index contributed by atoms with van der Waals surface area (Å²) >= 11 is 3.53. The molecule has 80 heavy (non-hydrogen) atoms. The fraction of sp³-hybridized carbons (Fsp3) is 0.455. The topological polar surface area (TPSA) is 131 Å². The monoisotopic (exact) mass is 1160 g/mol. The van der Waals surface area contributed by atoms with E-state index in [0.717, 1.165) is 66.5 Å². The van der Waals surface area contributed by atoms with Crippen LogP contribution in [0, 0.1) is 0 Å². The minimum Gasteiger partial charge on any atom is -0.392 e. The third-order valence-electron chi connectivity index (χ3n) is 14.5. The Morgan fingerprint density at radius 2 is 0.650 bits per heavy atom. The number of ether oxygens (including phenoxy) is 12. The predicted octanol–water partition coefficient (Wildman–Crippen LogP) is 14.0. The van der Waals surface area contributed by atoms with Crippen molar-refractivity contribution in [1.82, 2.24) is 0 Å². The molecule has 0 saturated carbocycles. The third kappa shape index (κ3) is 17.2. The van der Waals surface area contributed by atoms with Gasteiger partial charge in [0.05, 0.1) is 72.7 Å². The van der Waals surface area contributed by atoms with Gasteiger partial charge in [-0.3, -0.25) is 0 Å². The fourth-order valence-electron chi connectivity index (χ4n) is 9.82. The largest absolute Gasteiger partial charge is 0.392 e. The Balaban J connectivity index is 0.000000194. The van der Waals surface area contributed by atoms with Crippen LogP contribution in [0.25, 0.3) is 0 Å². The first-order chi connectivity index (χ1) is 38.4. The van der Waals surface area contributed by atoms with Crippen LogP contribution in [-0.2, 0) is 95.2 Å². The van der Waals surface area contributed by atoms with Crippen LogP contribution >= 0.6 is 15.9 Å². The second-order valence-electron chi connectivity index (χ2n) is 22.6. The zero-order valence-electron chi connectivity index (χ0n) is 47.5. The summed E-state index contributed by atoms with van der Waals surface area (Å²) in [5.41, 5.74) is 12.9. The second-order valence-corrected chi connectivity index (χ2v) is 23.2. The van der Waals surface area contributed by atoms with E-state index in [-0.39, 0.29) is 43.2 Å². The van der Waals surface area contributed by atoms with Crippen molar-refractivity contribution in [2.24, 2.45) is 0 Å². The van der Waals surface area contributed by atoms with E-state index in [1.165, 1.54) is 5.56 Å². The van der Waals surface area contributed by atoms with E-state index in [2.05, 4.69) is 137 Å². The molecule has 14 heteroatoms. The maximum absolute atomic E-state index is 9.44. The summed E-state index contributed by atoms with van der Waals surface area (Å²) in [4.78, 5) is 0. The van der Waals surface area contributed by atoms with Crippen LogP contribution < -0.4 is 0 Å².